The average Bonchev–Trinajstić information content (AvgIpc) is 2.59. The zero-order valence-corrected chi connectivity index (χ0v) is 14.9. The topological polar surface area (TPSA) is 156 Å². The molecular weight excluding hydrogens is 376 g/mol. The third-order valence-corrected chi connectivity index (χ3v) is 4.45. The van der Waals surface area contributed by atoms with Gasteiger partial charge in [0.05, 0.1) is 4.90 Å². The van der Waals surface area contributed by atoms with E-state index in [0.717, 1.165) is 11.6 Å². The number of rotatable bonds is 7. The molecule has 0 saturated heterocycles. The lowest BCUT2D eigenvalue weighted by molar-refractivity contribution is -0.124. The zero-order chi connectivity index (χ0) is 20.0. The van der Waals surface area contributed by atoms with E-state index in [-0.39, 0.29) is 22.8 Å². The first kappa shape index (κ1) is 20.2. The molecule has 5 N–H and O–H groups in total. The van der Waals surface area contributed by atoms with E-state index < -0.39 is 34.3 Å². The predicted molar refractivity (Wildman–Crippen MR) is 94.6 cm³/mol. The summed E-state index contributed by atoms with van der Waals surface area (Å²) in [5, 5.41) is 26.3. The van der Waals surface area contributed by atoms with Gasteiger partial charge in [-0.1, -0.05) is 12.1 Å². The molecule has 0 heterocycles. The van der Waals surface area contributed by atoms with Crippen molar-refractivity contribution in [1.82, 2.24) is 5.32 Å². The number of hydrogen-bond acceptors (Lipinski definition) is 7. The Morgan fingerprint density at radius 1 is 1.07 bits per heavy atom. The molecule has 0 aliphatic rings. The molecule has 0 spiro atoms. The molecule has 0 saturated carbocycles. The van der Waals surface area contributed by atoms with E-state index in [1.807, 2.05) is 0 Å². The van der Waals surface area contributed by atoms with Gasteiger partial charge >= 0.3 is 5.97 Å². The highest BCUT2D eigenvalue weighted by Crippen LogP contribution is 2.23. The highest BCUT2D eigenvalue weighted by Gasteiger charge is 2.14. The molecule has 2 rings (SSSR count). The van der Waals surface area contributed by atoms with Crippen LogP contribution in [-0.4, -0.2) is 43.7 Å². The number of aromatic hydroxyl groups is 2. The number of nitrogens with two attached hydrogens (primary N) is 1. The first-order valence-electron chi connectivity index (χ1n) is 7.74. The van der Waals surface area contributed by atoms with Crippen LogP contribution in [0.1, 0.15) is 15.9 Å². The average molecular weight is 394 g/mol. The van der Waals surface area contributed by atoms with Crippen molar-refractivity contribution < 1.29 is 33.0 Å². The molecule has 0 fully saturated rings. The number of benzene rings is 2. The van der Waals surface area contributed by atoms with Gasteiger partial charge in [0.1, 0.15) is 17.1 Å². The number of carbonyl (C=O) groups is 2. The van der Waals surface area contributed by atoms with Gasteiger partial charge in [-0.05, 0) is 36.2 Å². The standard InChI is InChI=1S/C17H18N2O7S/c18-27(24,25)13-4-1-11(2-5-13)7-8-19-16(22)10-26-17(23)14-6-3-12(20)9-15(14)21/h1-6,9,20-21H,7-8,10H2,(H,19,22)(H2,18,24,25). The second kappa shape index (κ2) is 8.52. The van der Waals surface area contributed by atoms with Gasteiger partial charge in [0.15, 0.2) is 6.61 Å². The van der Waals surface area contributed by atoms with Crippen molar-refractivity contribution in [2.45, 2.75) is 11.3 Å². The Balaban J connectivity index is 1.77. The van der Waals surface area contributed by atoms with Crippen LogP contribution in [0, 0.1) is 0 Å². The summed E-state index contributed by atoms with van der Waals surface area (Å²) in [6.45, 7) is -0.293. The van der Waals surface area contributed by atoms with Gasteiger partial charge in [0, 0.05) is 12.6 Å². The monoisotopic (exact) mass is 394 g/mol. The maximum atomic E-state index is 11.8. The number of sulfonamides is 1. The summed E-state index contributed by atoms with van der Waals surface area (Å²) >= 11 is 0. The fourth-order valence-electron chi connectivity index (χ4n) is 2.14. The highest BCUT2D eigenvalue weighted by molar-refractivity contribution is 7.89. The first-order chi connectivity index (χ1) is 12.7. The largest absolute Gasteiger partial charge is 0.508 e. The van der Waals surface area contributed by atoms with E-state index in [9.17, 15) is 28.2 Å². The number of phenols is 2. The molecule has 10 heteroatoms. The fourth-order valence-corrected chi connectivity index (χ4v) is 2.66. The molecule has 0 aliphatic carbocycles. The van der Waals surface area contributed by atoms with E-state index >= 15 is 0 Å². The Morgan fingerprint density at radius 3 is 2.33 bits per heavy atom. The van der Waals surface area contributed by atoms with E-state index in [4.69, 9.17) is 9.88 Å². The van der Waals surface area contributed by atoms with Crippen LogP contribution in [0.25, 0.3) is 0 Å². The van der Waals surface area contributed by atoms with E-state index in [1.165, 1.54) is 24.3 Å². The quantitative estimate of drug-likeness (QED) is 0.491. The third kappa shape index (κ3) is 5.97. The second-order valence-corrected chi connectivity index (χ2v) is 7.13. The molecule has 9 nitrogen and oxygen atoms in total. The number of hydrogen-bond donors (Lipinski definition) is 4. The van der Waals surface area contributed by atoms with Crippen LogP contribution in [-0.2, 0) is 26.0 Å². The summed E-state index contributed by atoms with van der Waals surface area (Å²) in [7, 11) is -3.75. The number of ether oxygens (including phenoxy) is 1. The van der Waals surface area contributed by atoms with Crippen molar-refractivity contribution in [3.63, 3.8) is 0 Å². The summed E-state index contributed by atoms with van der Waals surface area (Å²) in [4.78, 5) is 23.5. The number of amides is 1. The summed E-state index contributed by atoms with van der Waals surface area (Å²) in [6.07, 6.45) is 0.434. The molecule has 0 atom stereocenters. The van der Waals surface area contributed by atoms with Gasteiger partial charge in [-0.3, -0.25) is 4.79 Å². The predicted octanol–water partition coefficient (Wildman–Crippen LogP) is 0.261. The molecule has 0 unspecified atom stereocenters. The van der Waals surface area contributed by atoms with Crippen molar-refractivity contribution >= 4 is 21.9 Å². The number of primary sulfonamides is 1. The molecule has 2 aromatic rings. The number of carbonyl (C=O) groups excluding carboxylic acids is 2. The van der Waals surface area contributed by atoms with E-state index in [2.05, 4.69) is 5.32 Å². The zero-order valence-electron chi connectivity index (χ0n) is 14.1. The Hall–Kier alpha value is -3.11. The Bertz CT molecular complexity index is 940. The van der Waals surface area contributed by atoms with Crippen LogP contribution in [0.3, 0.4) is 0 Å². The molecule has 0 radical (unpaired) electrons. The minimum Gasteiger partial charge on any atom is -0.508 e. The van der Waals surface area contributed by atoms with E-state index in [0.29, 0.717) is 6.42 Å². The summed E-state index contributed by atoms with van der Waals surface area (Å²) in [5.41, 5.74) is 0.615. The third-order valence-electron chi connectivity index (χ3n) is 3.52. The lowest BCUT2D eigenvalue weighted by Crippen LogP contribution is -2.30. The minimum atomic E-state index is -3.75. The molecular formula is C17H18N2O7S. The number of phenolic OH excluding ortho intramolecular Hbond substituents is 2. The number of nitrogens with one attached hydrogen (secondary N) is 1. The molecule has 1 amide bonds. The minimum absolute atomic E-state index is 0.000295. The van der Waals surface area contributed by atoms with Crippen molar-refractivity contribution in [1.29, 1.82) is 0 Å². The van der Waals surface area contributed by atoms with Gasteiger partial charge < -0.3 is 20.3 Å². The fraction of sp³-hybridized carbons (Fsp3) is 0.176. The van der Waals surface area contributed by atoms with Crippen LogP contribution < -0.4 is 10.5 Å². The van der Waals surface area contributed by atoms with Crippen LogP contribution in [0.4, 0.5) is 0 Å². The normalized spacial score (nSPS) is 11.0. The molecule has 0 aromatic heterocycles. The van der Waals surface area contributed by atoms with Crippen LogP contribution >= 0.6 is 0 Å². The maximum absolute atomic E-state index is 11.8. The molecule has 144 valence electrons. The molecule has 0 aliphatic heterocycles. The van der Waals surface area contributed by atoms with Crippen LogP contribution in [0.15, 0.2) is 47.4 Å². The maximum Gasteiger partial charge on any atom is 0.342 e. The van der Waals surface area contributed by atoms with Gasteiger partial charge in [-0.25, -0.2) is 18.4 Å². The van der Waals surface area contributed by atoms with Crippen molar-refractivity contribution in [3.05, 3.63) is 53.6 Å². The van der Waals surface area contributed by atoms with Gasteiger partial charge in [0.25, 0.3) is 5.91 Å². The van der Waals surface area contributed by atoms with Crippen LogP contribution in [0.5, 0.6) is 11.5 Å². The van der Waals surface area contributed by atoms with Gasteiger partial charge in [0.2, 0.25) is 10.0 Å². The molecule has 0 bridgehead atoms. The van der Waals surface area contributed by atoms with E-state index in [1.54, 1.807) is 12.1 Å². The molecule has 2 aromatic carbocycles. The van der Waals surface area contributed by atoms with Gasteiger partial charge in [-0.2, -0.15) is 0 Å². The van der Waals surface area contributed by atoms with Crippen molar-refractivity contribution in [3.8, 4) is 11.5 Å². The second-order valence-electron chi connectivity index (χ2n) is 5.57. The summed E-state index contributed by atoms with van der Waals surface area (Å²) < 4.78 is 27.1. The van der Waals surface area contributed by atoms with Crippen LogP contribution in [0.2, 0.25) is 0 Å². The summed E-state index contributed by atoms with van der Waals surface area (Å²) in [5.74, 6) is -2.11. The summed E-state index contributed by atoms with van der Waals surface area (Å²) in [6, 6.07) is 9.28. The smallest absolute Gasteiger partial charge is 0.342 e. The van der Waals surface area contributed by atoms with Gasteiger partial charge in [-0.15, -0.1) is 0 Å². The Kier molecular flexibility index (Phi) is 6.37. The lowest BCUT2D eigenvalue weighted by atomic mass is 10.1. The number of esters is 1. The lowest BCUT2D eigenvalue weighted by Gasteiger charge is -2.08. The Labute approximate surface area is 155 Å². The first-order valence-corrected chi connectivity index (χ1v) is 9.29. The molecule has 27 heavy (non-hydrogen) atoms. The van der Waals surface area contributed by atoms with Crippen molar-refractivity contribution in [2.24, 2.45) is 5.14 Å². The highest BCUT2D eigenvalue weighted by atomic mass is 32.2. The Morgan fingerprint density at radius 2 is 1.74 bits per heavy atom. The van der Waals surface area contributed by atoms with Crippen molar-refractivity contribution in [2.75, 3.05) is 13.2 Å². The SMILES string of the molecule is NS(=O)(=O)c1ccc(CCNC(=O)COC(=O)c2ccc(O)cc2O)cc1.